The molecule has 0 radical (unpaired) electrons. The van der Waals surface area contributed by atoms with E-state index in [0.29, 0.717) is 11.0 Å². The number of nitrogens with one attached hydrogen (secondary N) is 1. The van der Waals surface area contributed by atoms with E-state index in [0.717, 1.165) is 32.2 Å². The highest BCUT2D eigenvalue weighted by Gasteiger charge is 2.23. The normalized spacial score (nSPS) is 21.1. The van der Waals surface area contributed by atoms with Crippen molar-refractivity contribution in [3.63, 3.8) is 0 Å². The van der Waals surface area contributed by atoms with Crippen LogP contribution < -0.4 is 5.32 Å². The Labute approximate surface area is 101 Å². The summed E-state index contributed by atoms with van der Waals surface area (Å²) >= 11 is 0. The molecule has 0 bridgehead atoms. The monoisotopic (exact) mass is 247 g/mol. The highest BCUT2D eigenvalue weighted by molar-refractivity contribution is 7.85. The summed E-state index contributed by atoms with van der Waals surface area (Å²) in [6.45, 7) is 3.26. The minimum Gasteiger partial charge on any atom is -0.396 e. The number of hydrogen-bond donors (Lipinski definition) is 2. The molecule has 2 atom stereocenters. The first-order valence-electron chi connectivity index (χ1n) is 6.49. The molecule has 0 heterocycles. The molecule has 96 valence electrons. The van der Waals surface area contributed by atoms with Crippen molar-refractivity contribution < 1.29 is 9.32 Å². The first kappa shape index (κ1) is 14.1. The molecule has 0 aliphatic heterocycles. The molecule has 0 aromatic rings. The summed E-state index contributed by atoms with van der Waals surface area (Å²) in [6.07, 6.45) is 6.54. The summed E-state index contributed by atoms with van der Waals surface area (Å²) in [7, 11) is -0.704. The van der Waals surface area contributed by atoms with Crippen LogP contribution in [0.3, 0.4) is 0 Å². The quantitative estimate of drug-likeness (QED) is 0.682. The second kappa shape index (κ2) is 8.20. The van der Waals surface area contributed by atoms with Crippen LogP contribution in [0.25, 0.3) is 0 Å². The van der Waals surface area contributed by atoms with Gasteiger partial charge < -0.3 is 10.4 Å². The van der Waals surface area contributed by atoms with Crippen LogP contribution in [0.1, 0.15) is 45.4 Å². The summed E-state index contributed by atoms with van der Waals surface area (Å²) in [5, 5.41) is 12.8. The maximum Gasteiger partial charge on any atom is 0.0446 e. The van der Waals surface area contributed by atoms with Crippen molar-refractivity contribution >= 4 is 10.8 Å². The van der Waals surface area contributed by atoms with Gasteiger partial charge in [0.1, 0.15) is 0 Å². The molecule has 4 heteroatoms. The van der Waals surface area contributed by atoms with Crippen LogP contribution in [0, 0.1) is 0 Å². The van der Waals surface area contributed by atoms with Crippen LogP contribution in [0.15, 0.2) is 0 Å². The third kappa shape index (κ3) is 4.93. The van der Waals surface area contributed by atoms with Gasteiger partial charge in [0, 0.05) is 34.5 Å². The van der Waals surface area contributed by atoms with E-state index in [1.807, 2.05) is 0 Å². The molecule has 0 amide bonds. The fraction of sp³-hybridized carbons (Fsp3) is 1.00. The van der Waals surface area contributed by atoms with Gasteiger partial charge in [0.2, 0.25) is 0 Å². The standard InChI is InChI=1S/C12H25NO2S/c1-2-8-13-11(7-9-14)10-16(15)12-5-3-4-6-12/h11-14H,2-10H2,1H3. The van der Waals surface area contributed by atoms with Crippen molar-refractivity contribution in [2.45, 2.75) is 56.7 Å². The molecule has 1 saturated carbocycles. The molecular weight excluding hydrogens is 222 g/mol. The van der Waals surface area contributed by atoms with Crippen LogP contribution in [0.4, 0.5) is 0 Å². The van der Waals surface area contributed by atoms with Gasteiger partial charge in [0.25, 0.3) is 0 Å². The highest BCUT2D eigenvalue weighted by Crippen LogP contribution is 2.23. The lowest BCUT2D eigenvalue weighted by atomic mass is 10.2. The molecule has 1 aliphatic rings. The first-order valence-corrected chi connectivity index (χ1v) is 7.87. The average Bonchev–Trinajstić information content (AvgIpc) is 2.79. The first-order chi connectivity index (χ1) is 7.77. The summed E-state index contributed by atoms with van der Waals surface area (Å²) in [4.78, 5) is 0. The Morgan fingerprint density at radius 1 is 1.44 bits per heavy atom. The lowest BCUT2D eigenvalue weighted by Crippen LogP contribution is -2.37. The second-order valence-electron chi connectivity index (χ2n) is 4.62. The lowest BCUT2D eigenvalue weighted by Gasteiger charge is -2.19. The summed E-state index contributed by atoms with van der Waals surface area (Å²) < 4.78 is 12.1. The van der Waals surface area contributed by atoms with E-state index in [9.17, 15) is 4.21 Å². The molecule has 3 nitrogen and oxygen atoms in total. The smallest absolute Gasteiger partial charge is 0.0446 e. The molecule has 1 aliphatic carbocycles. The van der Waals surface area contributed by atoms with Gasteiger partial charge in [-0.3, -0.25) is 4.21 Å². The SMILES string of the molecule is CCCNC(CCO)CS(=O)C1CCCC1. The van der Waals surface area contributed by atoms with Crippen LogP contribution in [-0.2, 0) is 10.8 Å². The Morgan fingerprint density at radius 3 is 2.69 bits per heavy atom. The fourth-order valence-electron chi connectivity index (χ4n) is 2.23. The van der Waals surface area contributed by atoms with E-state index in [1.165, 1.54) is 12.8 Å². The van der Waals surface area contributed by atoms with Gasteiger partial charge >= 0.3 is 0 Å². The Kier molecular flexibility index (Phi) is 7.25. The molecule has 2 unspecified atom stereocenters. The van der Waals surface area contributed by atoms with E-state index in [1.54, 1.807) is 0 Å². The van der Waals surface area contributed by atoms with E-state index in [-0.39, 0.29) is 12.6 Å². The van der Waals surface area contributed by atoms with E-state index < -0.39 is 10.8 Å². The van der Waals surface area contributed by atoms with Crippen LogP contribution in [-0.4, -0.2) is 39.5 Å². The lowest BCUT2D eigenvalue weighted by molar-refractivity contribution is 0.270. The van der Waals surface area contributed by atoms with Crippen LogP contribution >= 0.6 is 0 Å². The summed E-state index contributed by atoms with van der Waals surface area (Å²) in [6, 6.07) is 0.228. The maximum absolute atomic E-state index is 12.1. The van der Waals surface area contributed by atoms with Gasteiger partial charge in [0.15, 0.2) is 0 Å². The zero-order valence-corrected chi connectivity index (χ0v) is 11.1. The number of rotatable bonds is 8. The van der Waals surface area contributed by atoms with Gasteiger partial charge in [-0.2, -0.15) is 0 Å². The predicted octanol–water partition coefficient (Wildman–Crippen LogP) is 1.43. The van der Waals surface area contributed by atoms with Crippen molar-refractivity contribution in [3.8, 4) is 0 Å². The topological polar surface area (TPSA) is 49.3 Å². The molecule has 0 spiro atoms. The van der Waals surface area contributed by atoms with Crippen molar-refractivity contribution in [2.24, 2.45) is 0 Å². The minimum atomic E-state index is -0.704. The highest BCUT2D eigenvalue weighted by atomic mass is 32.2. The van der Waals surface area contributed by atoms with E-state index in [2.05, 4.69) is 12.2 Å². The van der Waals surface area contributed by atoms with Gasteiger partial charge in [-0.15, -0.1) is 0 Å². The van der Waals surface area contributed by atoms with Gasteiger partial charge in [-0.1, -0.05) is 19.8 Å². The molecule has 0 saturated heterocycles. The second-order valence-corrected chi connectivity index (χ2v) is 6.38. The molecule has 1 fully saturated rings. The number of hydrogen-bond acceptors (Lipinski definition) is 3. The third-order valence-corrected chi connectivity index (χ3v) is 5.15. The molecule has 16 heavy (non-hydrogen) atoms. The van der Waals surface area contributed by atoms with Crippen molar-refractivity contribution in [2.75, 3.05) is 18.9 Å². The average molecular weight is 247 g/mol. The van der Waals surface area contributed by atoms with E-state index in [4.69, 9.17) is 5.11 Å². The summed E-state index contributed by atoms with van der Waals surface area (Å²) in [5.74, 6) is 0.714. The molecule has 2 N–H and O–H groups in total. The van der Waals surface area contributed by atoms with Gasteiger partial charge in [-0.25, -0.2) is 0 Å². The van der Waals surface area contributed by atoms with Gasteiger partial charge in [0.05, 0.1) is 0 Å². The predicted molar refractivity (Wildman–Crippen MR) is 69.0 cm³/mol. The Hall–Kier alpha value is 0.0700. The van der Waals surface area contributed by atoms with Crippen LogP contribution in [0.5, 0.6) is 0 Å². The molecular formula is C12H25NO2S. The molecule has 0 aromatic heterocycles. The van der Waals surface area contributed by atoms with Crippen molar-refractivity contribution in [1.29, 1.82) is 0 Å². The van der Waals surface area contributed by atoms with Gasteiger partial charge in [-0.05, 0) is 32.2 Å². The zero-order chi connectivity index (χ0) is 11.8. The minimum absolute atomic E-state index is 0.184. The van der Waals surface area contributed by atoms with E-state index >= 15 is 0 Å². The zero-order valence-electron chi connectivity index (χ0n) is 10.3. The number of aliphatic hydroxyl groups is 1. The molecule has 0 aromatic carbocycles. The third-order valence-electron chi connectivity index (χ3n) is 3.20. The largest absolute Gasteiger partial charge is 0.396 e. The van der Waals surface area contributed by atoms with Crippen LogP contribution in [0.2, 0.25) is 0 Å². The number of aliphatic hydroxyl groups excluding tert-OH is 1. The fourth-order valence-corrected chi connectivity index (χ4v) is 4.05. The maximum atomic E-state index is 12.1. The Balaban J connectivity index is 2.30. The van der Waals surface area contributed by atoms with Crippen molar-refractivity contribution in [3.05, 3.63) is 0 Å². The summed E-state index contributed by atoms with van der Waals surface area (Å²) in [5.41, 5.74) is 0. The Bertz CT molecular complexity index is 205. The Morgan fingerprint density at radius 2 is 2.12 bits per heavy atom. The van der Waals surface area contributed by atoms with Crippen molar-refractivity contribution in [1.82, 2.24) is 5.32 Å². The molecule has 1 rings (SSSR count).